The fourth-order valence-corrected chi connectivity index (χ4v) is 5.52. The van der Waals surface area contributed by atoms with Gasteiger partial charge in [0.15, 0.2) is 0 Å². The highest BCUT2D eigenvalue weighted by Crippen LogP contribution is 2.29. The van der Waals surface area contributed by atoms with Gasteiger partial charge in [0.2, 0.25) is 15.9 Å². The molecule has 2 aromatic rings. The van der Waals surface area contributed by atoms with Crippen LogP contribution in [0.25, 0.3) is 0 Å². The van der Waals surface area contributed by atoms with Crippen LogP contribution in [0.15, 0.2) is 47.4 Å². The minimum atomic E-state index is -3.56. The summed E-state index contributed by atoms with van der Waals surface area (Å²) in [7, 11) is -3.56. The van der Waals surface area contributed by atoms with Crippen molar-refractivity contribution >= 4 is 21.6 Å². The van der Waals surface area contributed by atoms with Gasteiger partial charge in [-0.1, -0.05) is 43.2 Å². The number of nitrogens with zero attached hydrogens (tertiary/aromatic N) is 1. The zero-order valence-electron chi connectivity index (χ0n) is 18.6. The number of carbonyl (C=O) groups excluding carboxylic acids is 1. The minimum absolute atomic E-state index is 0.0879. The average Bonchev–Trinajstić information content (AvgIpc) is 2.75. The number of sulfonamides is 1. The Morgan fingerprint density at radius 1 is 1.13 bits per heavy atom. The van der Waals surface area contributed by atoms with Gasteiger partial charge < -0.3 is 10.1 Å². The molecule has 1 aliphatic heterocycles. The summed E-state index contributed by atoms with van der Waals surface area (Å²) in [6.07, 6.45) is 2.98. The molecule has 0 bridgehead atoms. The zero-order chi connectivity index (χ0) is 22.4. The number of ether oxygens (including phenoxy) is 1. The van der Waals surface area contributed by atoms with E-state index in [1.54, 1.807) is 6.07 Å². The Bertz CT molecular complexity index is 1010. The van der Waals surface area contributed by atoms with Crippen LogP contribution in [0.4, 0.5) is 5.69 Å². The third-order valence-electron chi connectivity index (χ3n) is 5.67. The van der Waals surface area contributed by atoms with Crippen LogP contribution in [0.3, 0.4) is 0 Å². The summed E-state index contributed by atoms with van der Waals surface area (Å²) in [6.45, 7) is 7.15. The zero-order valence-corrected chi connectivity index (χ0v) is 19.4. The molecule has 1 amide bonds. The number of aryl methyl sites for hydroxylation is 2. The molecule has 168 valence electrons. The molecule has 7 heteroatoms. The molecule has 31 heavy (non-hydrogen) atoms. The van der Waals surface area contributed by atoms with Crippen molar-refractivity contribution in [3.8, 4) is 5.75 Å². The number of hydrogen-bond acceptors (Lipinski definition) is 4. The maximum Gasteiger partial charge on any atom is 0.243 e. The van der Waals surface area contributed by atoms with Crippen LogP contribution in [-0.4, -0.2) is 38.3 Å². The Labute approximate surface area is 185 Å². The lowest BCUT2D eigenvalue weighted by molar-refractivity contribution is -0.120. The van der Waals surface area contributed by atoms with Crippen LogP contribution in [-0.2, 0) is 14.8 Å². The number of para-hydroxylation sites is 2. The number of piperidine rings is 1. The van der Waals surface area contributed by atoms with E-state index in [1.165, 1.54) is 4.31 Å². The first-order chi connectivity index (χ1) is 14.8. The monoisotopic (exact) mass is 444 g/mol. The molecule has 0 unspecified atom stereocenters. The molecule has 1 heterocycles. The number of unbranched alkanes of at least 4 members (excludes halogenated alkanes) is 1. The second-order valence-corrected chi connectivity index (χ2v) is 10.0. The van der Waals surface area contributed by atoms with E-state index in [1.807, 2.05) is 50.2 Å². The summed E-state index contributed by atoms with van der Waals surface area (Å²) in [5.74, 6) is 0.350. The molecule has 6 nitrogen and oxygen atoms in total. The van der Waals surface area contributed by atoms with E-state index < -0.39 is 10.0 Å². The molecule has 0 aromatic heterocycles. The molecule has 0 saturated carbocycles. The van der Waals surface area contributed by atoms with Crippen LogP contribution >= 0.6 is 0 Å². The smallest absolute Gasteiger partial charge is 0.243 e. The van der Waals surface area contributed by atoms with Crippen molar-refractivity contribution in [3.05, 3.63) is 53.6 Å². The van der Waals surface area contributed by atoms with Crippen LogP contribution < -0.4 is 10.1 Å². The third kappa shape index (κ3) is 5.66. The molecule has 0 atom stereocenters. The molecule has 0 radical (unpaired) electrons. The second-order valence-electron chi connectivity index (χ2n) is 8.13. The van der Waals surface area contributed by atoms with Gasteiger partial charge in [-0.05, 0) is 56.9 Å². The summed E-state index contributed by atoms with van der Waals surface area (Å²) in [4.78, 5) is 13.2. The van der Waals surface area contributed by atoms with E-state index >= 15 is 0 Å². The van der Waals surface area contributed by atoms with E-state index in [4.69, 9.17) is 4.74 Å². The second kappa shape index (κ2) is 10.3. The first kappa shape index (κ1) is 23.3. The minimum Gasteiger partial charge on any atom is -0.491 e. The Kier molecular flexibility index (Phi) is 7.73. The quantitative estimate of drug-likeness (QED) is 0.608. The summed E-state index contributed by atoms with van der Waals surface area (Å²) in [5.41, 5.74) is 2.44. The Morgan fingerprint density at radius 3 is 2.52 bits per heavy atom. The van der Waals surface area contributed by atoms with Crippen molar-refractivity contribution in [1.82, 2.24) is 4.31 Å². The molecule has 1 saturated heterocycles. The van der Waals surface area contributed by atoms with E-state index in [2.05, 4.69) is 12.2 Å². The molecule has 1 aliphatic rings. The van der Waals surface area contributed by atoms with Gasteiger partial charge in [-0.2, -0.15) is 4.31 Å². The van der Waals surface area contributed by atoms with Crippen LogP contribution in [0.1, 0.15) is 43.7 Å². The number of rotatable bonds is 8. The lowest BCUT2D eigenvalue weighted by atomic mass is 9.97. The summed E-state index contributed by atoms with van der Waals surface area (Å²) < 4.78 is 33.4. The van der Waals surface area contributed by atoms with Gasteiger partial charge in [0, 0.05) is 19.0 Å². The Morgan fingerprint density at radius 2 is 1.84 bits per heavy atom. The van der Waals surface area contributed by atoms with Crippen LogP contribution in [0.2, 0.25) is 0 Å². The van der Waals surface area contributed by atoms with Gasteiger partial charge in [0.05, 0.1) is 17.2 Å². The van der Waals surface area contributed by atoms with Crippen molar-refractivity contribution in [2.75, 3.05) is 25.0 Å². The SMILES string of the molecule is CCCCOc1ccccc1NC(=O)C1CCN(S(=O)(=O)c2ccc(C)cc2C)CC1. The average molecular weight is 445 g/mol. The van der Waals surface area contributed by atoms with E-state index in [0.29, 0.717) is 48.9 Å². The number of benzene rings is 2. The summed E-state index contributed by atoms with van der Waals surface area (Å²) >= 11 is 0. The fraction of sp³-hybridized carbons (Fsp3) is 0.458. The van der Waals surface area contributed by atoms with Gasteiger partial charge >= 0.3 is 0 Å². The molecule has 1 fully saturated rings. The lowest BCUT2D eigenvalue weighted by Crippen LogP contribution is -2.41. The van der Waals surface area contributed by atoms with Crippen molar-refractivity contribution in [1.29, 1.82) is 0 Å². The highest BCUT2D eigenvalue weighted by molar-refractivity contribution is 7.89. The third-order valence-corrected chi connectivity index (χ3v) is 7.73. The van der Waals surface area contributed by atoms with E-state index in [9.17, 15) is 13.2 Å². The molecular weight excluding hydrogens is 412 g/mol. The number of nitrogens with one attached hydrogen (secondary N) is 1. The number of carbonyl (C=O) groups is 1. The van der Waals surface area contributed by atoms with Gasteiger partial charge in [0.1, 0.15) is 5.75 Å². The normalized spacial score (nSPS) is 15.6. The molecular formula is C24H32N2O4S. The fourth-order valence-electron chi connectivity index (χ4n) is 3.84. The maximum atomic E-state index is 13.1. The van der Waals surface area contributed by atoms with E-state index in [0.717, 1.165) is 24.0 Å². The van der Waals surface area contributed by atoms with E-state index in [-0.39, 0.29) is 11.8 Å². The lowest BCUT2D eigenvalue weighted by Gasteiger charge is -2.31. The van der Waals surface area contributed by atoms with Crippen molar-refractivity contribution in [2.45, 2.75) is 51.3 Å². The molecule has 0 spiro atoms. The molecule has 2 aromatic carbocycles. The van der Waals surface area contributed by atoms with Gasteiger partial charge in [-0.3, -0.25) is 4.79 Å². The van der Waals surface area contributed by atoms with Crippen LogP contribution in [0.5, 0.6) is 5.75 Å². The maximum absolute atomic E-state index is 13.1. The Balaban J connectivity index is 1.61. The number of hydrogen-bond donors (Lipinski definition) is 1. The highest BCUT2D eigenvalue weighted by atomic mass is 32.2. The summed E-state index contributed by atoms with van der Waals surface area (Å²) in [5, 5.41) is 2.98. The van der Waals surface area contributed by atoms with Gasteiger partial charge in [-0.25, -0.2) is 8.42 Å². The number of amides is 1. The van der Waals surface area contributed by atoms with Crippen molar-refractivity contribution in [3.63, 3.8) is 0 Å². The van der Waals surface area contributed by atoms with Crippen LogP contribution in [0, 0.1) is 19.8 Å². The van der Waals surface area contributed by atoms with Gasteiger partial charge in [0.25, 0.3) is 0 Å². The largest absolute Gasteiger partial charge is 0.491 e. The molecule has 1 N–H and O–H groups in total. The molecule has 0 aliphatic carbocycles. The standard InChI is InChI=1S/C24H32N2O4S/c1-4-5-16-30-22-9-7-6-8-21(22)25-24(27)20-12-14-26(15-13-20)31(28,29)23-11-10-18(2)17-19(23)3/h6-11,17,20H,4-5,12-16H2,1-3H3,(H,25,27). The predicted octanol–water partition coefficient (Wildman–Crippen LogP) is 4.52. The summed E-state index contributed by atoms with van der Waals surface area (Å²) in [6, 6.07) is 12.8. The Hall–Kier alpha value is -2.38. The topological polar surface area (TPSA) is 75.7 Å². The van der Waals surface area contributed by atoms with Crippen molar-refractivity contribution < 1.29 is 17.9 Å². The van der Waals surface area contributed by atoms with Gasteiger partial charge in [-0.15, -0.1) is 0 Å². The molecule has 3 rings (SSSR count). The first-order valence-corrected chi connectivity index (χ1v) is 12.4. The predicted molar refractivity (Wildman–Crippen MR) is 123 cm³/mol. The highest BCUT2D eigenvalue weighted by Gasteiger charge is 2.33. The number of anilines is 1. The first-order valence-electron chi connectivity index (χ1n) is 10.9. The van der Waals surface area contributed by atoms with Crippen molar-refractivity contribution in [2.24, 2.45) is 5.92 Å².